The van der Waals surface area contributed by atoms with Crippen molar-refractivity contribution in [2.24, 2.45) is 0 Å². The molecule has 0 fully saturated rings. The number of esters is 1. The summed E-state index contributed by atoms with van der Waals surface area (Å²) < 4.78 is 36.3. The Hall–Kier alpha value is -5.82. The maximum Gasteiger partial charge on any atom is 0.325 e. The second kappa shape index (κ2) is 17.8. The minimum absolute atomic E-state index is 0.0584. The largest absolute Gasteiger partial charge is 0.465 e. The Morgan fingerprint density at radius 1 is 0.857 bits per heavy atom. The third kappa shape index (κ3) is 8.83. The summed E-state index contributed by atoms with van der Waals surface area (Å²) in [5.41, 5.74) is 2.46. The van der Waals surface area contributed by atoms with E-state index in [4.69, 9.17) is 9.72 Å². The lowest BCUT2D eigenvalue weighted by molar-refractivity contribution is -0.143. The molecule has 0 bridgehead atoms. The number of aromatic nitrogens is 2. The molecular weight excluding hydrogens is 731 g/mol. The molecule has 0 unspecified atom stereocenters. The monoisotopic (exact) mass is 777 g/mol. The number of carbonyl (C=O) groups excluding carboxylic acids is 4. The predicted molar refractivity (Wildman–Crippen MR) is 214 cm³/mol. The molecule has 0 atom stereocenters. The zero-order valence-corrected chi connectivity index (χ0v) is 32.8. The van der Waals surface area contributed by atoms with Crippen molar-refractivity contribution in [2.75, 3.05) is 26.2 Å². The average molecular weight is 778 g/mol. The Kier molecular flexibility index (Phi) is 12.6. The number of carbonyl (C=O) groups is 4. The van der Waals surface area contributed by atoms with E-state index in [2.05, 4.69) is 18.6 Å². The number of hydrogen-bond acceptors (Lipinski definition) is 8. The number of nitrogens with one attached hydrogen (secondary N) is 1. The SMILES string of the molecule is CCCCN(CCCC)C(=O)c1cn(CC(=O)OCC)c(-c2ccc(C(=O)NS(=O)(=O)c3cccc4ccccc34)cc2C(=O)N2CCc3ccccc3C2)n1. The van der Waals surface area contributed by atoms with Gasteiger partial charge in [-0.25, -0.2) is 18.1 Å². The molecule has 1 N–H and O–H groups in total. The molecule has 0 radical (unpaired) electrons. The van der Waals surface area contributed by atoms with Crippen LogP contribution in [-0.4, -0.2) is 77.7 Å². The molecule has 0 saturated carbocycles. The summed E-state index contributed by atoms with van der Waals surface area (Å²) in [5.74, 6) is -2.06. The van der Waals surface area contributed by atoms with E-state index in [1.54, 1.807) is 53.1 Å². The lowest BCUT2D eigenvalue weighted by Crippen LogP contribution is -2.36. The average Bonchev–Trinajstić information content (AvgIpc) is 3.62. The molecule has 292 valence electrons. The number of sulfonamides is 1. The molecule has 13 heteroatoms. The molecule has 0 aliphatic carbocycles. The van der Waals surface area contributed by atoms with Crippen LogP contribution in [0.4, 0.5) is 0 Å². The Labute approximate surface area is 327 Å². The molecule has 2 heterocycles. The van der Waals surface area contributed by atoms with Gasteiger partial charge in [-0.05, 0) is 67.0 Å². The molecule has 1 aromatic heterocycles. The summed E-state index contributed by atoms with van der Waals surface area (Å²) in [6.45, 7) is 7.44. The third-order valence-electron chi connectivity index (χ3n) is 9.89. The molecule has 6 rings (SSSR count). The van der Waals surface area contributed by atoms with E-state index in [0.717, 1.165) is 36.8 Å². The summed E-state index contributed by atoms with van der Waals surface area (Å²) in [6.07, 6.45) is 5.53. The molecular formula is C43H47N5O7S. The number of nitrogens with zero attached hydrogens (tertiary/aromatic N) is 4. The van der Waals surface area contributed by atoms with Gasteiger partial charge in [-0.2, -0.15) is 0 Å². The second-order valence-corrected chi connectivity index (χ2v) is 15.5. The Balaban J connectivity index is 1.43. The highest BCUT2D eigenvalue weighted by atomic mass is 32.2. The van der Waals surface area contributed by atoms with E-state index >= 15 is 0 Å². The van der Waals surface area contributed by atoms with Crippen molar-refractivity contribution in [3.8, 4) is 11.4 Å². The zero-order valence-electron chi connectivity index (χ0n) is 32.0. The van der Waals surface area contributed by atoms with Crippen LogP contribution in [0.15, 0.2) is 96.0 Å². The lowest BCUT2D eigenvalue weighted by Gasteiger charge is -2.29. The molecule has 1 aliphatic rings. The maximum atomic E-state index is 14.6. The first-order valence-electron chi connectivity index (χ1n) is 19.1. The molecule has 1 aliphatic heterocycles. The van der Waals surface area contributed by atoms with E-state index < -0.39 is 27.8 Å². The topological polar surface area (TPSA) is 148 Å². The standard InChI is InChI=1S/C43H47N5O7S/c1-4-7-23-46(24-8-5-2)43(52)37-28-48(29-39(49)55-6-3)40(44-37)35-21-20-32(26-36(35)42(51)47-25-22-30-14-9-10-16-33(30)27-47)41(50)45-56(53,54)38-19-13-17-31-15-11-12-18-34(31)38/h9-21,26,28H,4-8,22-25,27,29H2,1-3H3,(H,45,50). The van der Waals surface area contributed by atoms with Gasteiger partial charge >= 0.3 is 5.97 Å². The van der Waals surface area contributed by atoms with Gasteiger partial charge in [0, 0.05) is 48.9 Å². The number of amides is 3. The summed E-state index contributed by atoms with van der Waals surface area (Å²) in [6, 6.07) is 23.9. The highest BCUT2D eigenvalue weighted by molar-refractivity contribution is 7.90. The highest BCUT2D eigenvalue weighted by Gasteiger charge is 2.30. The van der Waals surface area contributed by atoms with Crippen LogP contribution in [0.3, 0.4) is 0 Å². The molecule has 3 amide bonds. The van der Waals surface area contributed by atoms with Gasteiger partial charge in [-0.1, -0.05) is 87.4 Å². The van der Waals surface area contributed by atoms with Crippen molar-refractivity contribution in [1.82, 2.24) is 24.1 Å². The summed E-state index contributed by atoms with van der Waals surface area (Å²) >= 11 is 0. The number of imidazole rings is 1. The van der Waals surface area contributed by atoms with Crippen LogP contribution in [-0.2, 0) is 39.1 Å². The number of benzene rings is 4. The minimum atomic E-state index is -4.34. The minimum Gasteiger partial charge on any atom is -0.465 e. The van der Waals surface area contributed by atoms with Crippen molar-refractivity contribution < 1.29 is 32.3 Å². The van der Waals surface area contributed by atoms with E-state index in [1.165, 1.54) is 35.0 Å². The smallest absolute Gasteiger partial charge is 0.325 e. The Morgan fingerprint density at radius 2 is 1.55 bits per heavy atom. The van der Waals surface area contributed by atoms with Gasteiger partial charge in [0.15, 0.2) is 0 Å². The van der Waals surface area contributed by atoms with Crippen LogP contribution in [0.1, 0.15) is 88.8 Å². The van der Waals surface area contributed by atoms with Crippen LogP contribution in [0, 0.1) is 0 Å². The van der Waals surface area contributed by atoms with Gasteiger partial charge in [0.1, 0.15) is 18.1 Å². The Morgan fingerprint density at radius 3 is 2.29 bits per heavy atom. The van der Waals surface area contributed by atoms with Crippen LogP contribution in [0.2, 0.25) is 0 Å². The van der Waals surface area contributed by atoms with Crippen molar-refractivity contribution >= 4 is 44.5 Å². The fraction of sp³-hybridized carbons (Fsp3) is 0.326. The first kappa shape index (κ1) is 39.9. The van der Waals surface area contributed by atoms with E-state index in [9.17, 15) is 27.6 Å². The molecule has 0 spiro atoms. The highest BCUT2D eigenvalue weighted by Crippen LogP contribution is 2.30. The van der Waals surface area contributed by atoms with E-state index in [1.807, 2.05) is 24.3 Å². The fourth-order valence-corrected chi connectivity index (χ4v) is 8.14. The molecule has 0 saturated heterocycles. The van der Waals surface area contributed by atoms with Gasteiger partial charge in [0.05, 0.1) is 17.1 Å². The van der Waals surface area contributed by atoms with Gasteiger partial charge in [0.25, 0.3) is 27.7 Å². The van der Waals surface area contributed by atoms with Gasteiger partial charge < -0.3 is 19.1 Å². The van der Waals surface area contributed by atoms with Crippen LogP contribution >= 0.6 is 0 Å². The first-order chi connectivity index (χ1) is 27.0. The van der Waals surface area contributed by atoms with E-state index in [-0.39, 0.29) is 52.2 Å². The number of fused-ring (bicyclic) bond motifs is 2. The van der Waals surface area contributed by atoms with Crippen molar-refractivity contribution in [3.63, 3.8) is 0 Å². The summed E-state index contributed by atoms with van der Waals surface area (Å²) in [4.78, 5) is 63.4. The zero-order chi connectivity index (χ0) is 39.8. The van der Waals surface area contributed by atoms with E-state index in [0.29, 0.717) is 43.4 Å². The third-order valence-corrected chi connectivity index (χ3v) is 11.3. The van der Waals surface area contributed by atoms with Crippen molar-refractivity contribution in [3.05, 3.63) is 119 Å². The first-order valence-corrected chi connectivity index (χ1v) is 20.6. The maximum absolute atomic E-state index is 14.6. The van der Waals surface area contributed by atoms with Gasteiger partial charge in [0.2, 0.25) is 0 Å². The van der Waals surface area contributed by atoms with Crippen LogP contribution in [0.5, 0.6) is 0 Å². The molecule has 12 nitrogen and oxygen atoms in total. The fourth-order valence-electron chi connectivity index (χ4n) is 6.94. The predicted octanol–water partition coefficient (Wildman–Crippen LogP) is 6.63. The molecule has 5 aromatic rings. The number of hydrogen-bond donors (Lipinski definition) is 1. The quantitative estimate of drug-likeness (QED) is 0.117. The van der Waals surface area contributed by atoms with Crippen molar-refractivity contribution in [2.45, 2.75) is 70.9 Å². The summed E-state index contributed by atoms with van der Waals surface area (Å²) in [7, 11) is -4.34. The Bertz CT molecular complexity index is 2360. The van der Waals surface area contributed by atoms with Crippen LogP contribution in [0.25, 0.3) is 22.2 Å². The van der Waals surface area contributed by atoms with Gasteiger partial charge in [-0.3, -0.25) is 19.2 Å². The molecule has 4 aromatic carbocycles. The number of unbranched alkanes of at least 4 members (excludes halogenated alkanes) is 2. The van der Waals surface area contributed by atoms with Gasteiger partial charge in [-0.15, -0.1) is 0 Å². The number of rotatable bonds is 15. The number of ether oxygens (including phenoxy) is 1. The second-order valence-electron chi connectivity index (χ2n) is 13.8. The van der Waals surface area contributed by atoms with Crippen LogP contribution < -0.4 is 4.72 Å². The lowest BCUT2D eigenvalue weighted by atomic mass is 9.97. The van der Waals surface area contributed by atoms with Crippen molar-refractivity contribution in [1.29, 1.82) is 0 Å². The normalized spacial score (nSPS) is 12.6. The summed E-state index contributed by atoms with van der Waals surface area (Å²) in [5, 5.41) is 1.15. The molecule has 56 heavy (non-hydrogen) atoms.